The van der Waals surface area contributed by atoms with Crippen molar-refractivity contribution in [3.63, 3.8) is 0 Å². The molecule has 11 heavy (non-hydrogen) atoms. The molecule has 0 fully saturated rings. The van der Waals surface area contributed by atoms with E-state index >= 15 is 0 Å². The monoisotopic (exact) mass is 234 g/mol. The van der Waals surface area contributed by atoms with Gasteiger partial charge in [0.2, 0.25) is 0 Å². The maximum absolute atomic E-state index is 7.00. The molecule has 0 spiro atoms. The summed E-state index contributed by atoms with van der Waals surface area (Å²) in [4.78, 5) is 0. The number of rotatable bonds is 0. The summed E-state index contributed by atoms with van der Waals surface area (Å²) in [5.74, 6) is 0. The zero-order valence-electron chi connectivity index (χ0n) is 5.91. The summed E-state index contributed by atoms with van der Waals surface area (Å²) in [6, 6.07) is 0. The van der Waals surface area contributed by atoms with Gasteiger partial charge < -0.3 is 62.8 Å². The second-order valence-corrected chi connectivity index (χ2v) is 0. The molecular weight excluding hydrogens is 219 g/mol. The van der Waals surface area contributed by atoms with Gasteiger partial charge in [-0.15, -0.1) is 0 Å². The molecule has 0 saturated heterocycles. The topological polar surface area (TPSA) is 209 Å². The molecule has 0 atom stereocenters. The van der Waals surface area contributed by atoms with Crippen molar-refractivity contribution in [1.82, 2.24) is 0 Å². The van der Waals surface area contributed by atoms with Crippen molar-refractivity contribution in [3.8, 4) is 0 Å². The number of aliphatic hydroxyl groups is 1. The van der Waals surface area contributed by atoms with E-state index < -0.39 is 0 Å². The standard InChI is InChI=1S/CH4O.2ClH.Mg.6H2O/c1-2;;;;;;;;;/h2H,1H3;2*1H;;6*1H2/q;;;+2;;;;;;/p-2. The van der Waals surface area contributed by atoms with E-state index in [9.17, 15) is 0 Å². The van der Waals surface area contributed by atoms with Crippen LogP contribution in [0.15, 0.2) is 0 Å². The first kappa shape index (κ1) is 346. The second kappa shape index (κ2) is 986. The normalized spacial score (nSPS) is 0.545. The first-order chi connectivity index (χ1) is 1.00. The molecule has 0 aliphatic rings. The molecule has 0 unspecified atom stereocenters. The van der Waals surface area contributed by atoms with Crippen molar-refractivity contribution < 1.29 is 62.8 Å². The molecule has 0 heterocycles. The van der Waals surface area contributed by atoms with Gasteiger partial charge in [-0.2, -0.15) is 0 Å². The van der Waals surface area contributed by atoms with E-state index in [1.165, 1.54) is 0 Å². The number of hydrogen-bond donors (Lipinski definition) is 1. The average molecular weight is 235 g/mol. The fourth-order valence-corrected chi connectivity index (χ4v) is 0. The van der Waals surface area contributed by atoms with Crippen molar-refractivity contribution in [1.29, 1.82) is 0 Å². The van der Waals surface area contributed by atoms with Crippen LogP contribution < -0.4 is 24.8 Å². The van der Waals surface area contributed by atoms with Crippen LogP contribution in [0.2, 0.25) is 0 Å². The summed E-state index contributed by atoms with van der Waals surface area (Å²) in [6.45, 7) is 0. The Morgan fingerprint density at radius 1 is 0.545 bits per heavy atom. The molecule has 0 radical (unpaired) electrons. The van der Waals surface area contributed by atoms with Gasteiger partial charge in [0.25, 0.3) is 0 Å². The number of hydrogen-bond acceptors (Lipinski definition) is 1. The van der Waals surface area contributed by atoms with Gasteiger partial charge in [0, 0.05) is 7.11 Å². The summed E-state index contributed by atoms with van der Waals surface area (Å²) in [7, 11) is 1.00. The Morgan fingerprint density at radius 2 is 0.545 bits per heavy atom. The van der Waals surface area contributed by atoms with E-state index in [0.29, 0.717) is 0 Å². The Kier molecular flexibility index (Phi) is 31000. The number of halogens is 2. The van der Waals surface area contributed by atoms with E-state index in [1.54, 1.807) is 0 Å². The van der Waals surface area contributed by atoms with Crippen LogP contribution in [0, 0.1) is 0 Å². The summed E-state index contributed by atoms with van der Waals surface area (Å²) in [5, 5.41) is 7.00. The summed E-state index contributed by atoms with van der Waals surface area (Å²) < 4.78 is 0. The maximum atomic E-state index is 7.00. The van der Waals surface area contributed by atoms with Crippen LogP contribution in [-0.2, 0) is 0 Å². The molecule has 0 aromatic carbocycles. The smallest absolute Gasteiger partial charge is 1.00 e. The fourth-order valence-electron chi connectivity index (χ4n) is 0. The van der Waals surface area contributed by atoms with Crippen LogP contribution in [0.25, 0.3) is 0 Å². The zero-order valence-corrected chi connectivity index (χ0v) is 8.84. The predicted octanol–water partition coefficient (Wildman–Crippen LogP) is -11.7. The quantitative estimate of drug-likeness (QED) is 0.398. The molecule has 0 saturated carbocycles. The van der Waals surface area contributed by atoms with Crippen molar-refractivity contribution in [2.45, 2.75) is 0 Å². The van der Waals surface area contributed by atoms with Gasteiger partial charge in [-0.3, -0.25) is 0 Å². The van der Waals surface area contributed by atoms with Gasteiger partial charge in [0.05, 0.1) is 0 Å². The molecule has 0 aromatic heterocycles. The Bertz CT molecular complexity index is 16.4. The minimum atomic E-state index is 0. The SMILES string of the molecule is CO.O.O.O.O.O.O.[Cl-].[Cl-].[Mg+2]. The molecule has 13 N–H and O–H groups in total. The molecule has 0 bridgehead atoms. The third-order valence-corrected chi connectivity index (χ3v) is 0. The summed E-state index contributed by atoms with van der Waals surface area (Å²) in [6.07, 6.45) is 0. The van der Waals surface area contributed by atoms with Gasteiger partial charge in [-0.05, 0) is 0 Å². The van der Waals surface area contributed by atoms with E-state index in [-0.39, 0.29) is 80.7 Å². The van der Waals surface area contributed by atoms with Crippen LogP contribution in [0.1, 0.15) is 0 Å². The largest absolute Gasteiger partial charge is 2.00 e. The molecule has 78 valence electrons. The van der Waals surface area contributed by atoms with Crippen LogP contribution in [0.3, 0.4) is 0 Å². The average Bonchev–Trinajstić information content (AvgIpc) is 1.00. The molecule has 0 aliphatic carbocycles. The Hall–Kier alpha value is 1.07. The molecule has 10 heteroatoms. The Labute approximate surface area is 93.0 Å². The van der Waals surface area contributed by atoms with Crippen molar-refractivity contribution in [2.75, 3.05) is 7.11 Å². The third kappa shape index (κ3) is 800. The van der Waals surface area contributed by atoms with Gasteiger partial charge in [0.1, 0.15) is 0 Å². The zero-order chi connectivity index (χ0) is 2.00. The first-order valence-corrected chi connectivity index (χ1v) is 0.447. The summed E-state index contributed by atoms with van der Waals surface area (Å²) in [5.41, 5.74) is 0. The van der Waals surface area contributed by atoms with Crippen LogP contribution in [0.4, 0.5) is 0 Å². The predicted molar refractivity (Wildman–Crippen MR) is 35.6 cm³/mol. The molecule has 7 nitrogen and oxygen atoms in total. The fraction of sp³-hybridized carbons (Fsp3) is 1.00. The Balaban J connectivity index is -0.000000000139. The molecule has 0 aliphatic heterocycles. The van der Waals surface area contributed by atoms with Crippen molar-refractivity contribution >= 4 is 23.1 Å². The minimum Gasteiger partial charge on any atom is -1.00 e. The summed E-state index contributed by atoms with van der Waals surface area (Å²) >= 11 is 0. The van der Waals surface area contributed by atoms with Crippen molar-refractivity contribution in [3.05, 3.63) is 0 Å². The van der Waals surface area contributed by atoms with E-state index in [1.807, 2.05) is 0 Å². The van der Waals surface area contributed by atoms with Crippen molar-refractivity contribution in [2.24, 2.45) is 0 Å². The van der Waals surface area contributed by atoms with Crippen LogP contribution >= 0.6 is 0 Å². The van der Waals surface area contributed by atoms with E-state index in [0.717, 1.165) is 7.11 Å². The van der Waals surface area contributed by atoms with Gasteiger partial charge in [0.15, 0.2) is 0 Å². The van der Waals surface area contributed by atoms with Crippen LogP contribution in [0.5, 0.6) is 0 Å². The maximum Gasteiger partial charge on any atom is 2.00 e. The first-order valence-electron chi connectivity index (χ1n) is 0.447. The Morgan fingerprint density at radius 3 is 0.545 bits per heavy atom. The molecule has 0 amide bonds. The van der Waals surface area contributed by atoms with Crippen LogP contribution in [-0.4, -0.2) is 68.1 Å². The van der Waals surface area contributed by atoms with E-state index in [4.69, 9.17) is 5.11 Å². The van der Waals surface area contributed by atoms with E-state index in [2.05, 4.69) is 0 Å². The van der Waals surface area contributed by atoms with Gasteiger partial charge in [-0.1, -0.05) is 0 Å². The van der Waals surface area contributed by atoms with Gasteiger partial charge >= 0.3 is 23.1 Å². The molecule has 0 rings (SSSR count). The molecule has 0 aromatic rings. The second-order valence-electron chi connectivity index (χ2n) is 0. The molecular formula is CH16Cl2MgO7. The minimum absolute atomic E-state index is 0. The number of aliphatic hydroxyl groups excluding tert-OH is 1. The third-order valence-electron chi connectivity index (χ3n) is 0. The van der Waals surface area contributed by atoms with Gasteiger partial charge in [-0.25, -0.2) is 0 Å².